The molecule has 0 spiro atoms. The first-order chi connectivity index (χ1) is 7.47. The van der Waals surface area contributed by atoms with E-state index in [-0.39, 0.29) is 11.4 Å². The molecule has 0 aliphatic rings. The van der Waals surface area contributed by atoms with Crippen molar-refractivity contribution in [2.45, 2.75) is 4.90 Å². The van der Waals surface area contributed by atoms with Gasteiger partial charge in [-0.1, -0.05) is 0 Å². The molecule has 16 heavy (non-hydrogen) atoms. The van der Waals surface area contributed by atoms with E-state index in [4.69, 9.17) is 0 Å². The summed E-state index contributed by atoms with van der Waals surface area (Å²) in [6.07, 6.45) is 0. The predicted octanol–water partition coefficient (Wildman–Crippen LogP) is 0.462. The van der Waals surface area contributed by atoms with Gasteiger partial charge in [-0.3, -0.25) is 0 Å². The molecule has 0 aromatic heterocycles. The third kappa shape index (κ3) is 3.22. The molecule has 2 N–H and O–H groups in total. The molecule has 90 valence electrons. The van der Waals surface area contributed by atoms with E-state index in [1.807, 2.05) is 0 Å². The molecule has 0 saturated heterocycles. The molecule has 1 aromatic rings. The van der Waals surface area contributed by atoms with Gasteiger partial charge in [0.05, 0.1) is 4.90 Å². The lowest BCUT2D eigenvalue weighted by Gasteiger charge is -2.06. The molecular formula is C9H12F2N2O2S. The molecule has 1 rings (SSSR count). The second kappa shape index (κ2) is 5.33. The van der Waals surface area contributed by atoms with Crippen molar-refractivity contribution in [3.8, 4) is 0 Å². The lowest BCUT2D eigenvalue weighted by Crippen LogP contribution is -2.30. The highest BCUT2D eigenvalue weighted by Crippen LogP contribution is 2.13. The van der Waals surface area contributed by atoms with E-state index in [9.17, 15) is 17.2 Å². The molecule has 0 amide bonds. The van der Waals surface area contributed by atoms with Crippen LogP contribution in [-0.4, -0.2) is 28.6 Å². The average molecular weight is 250 g/mol. The number of hydrogen-bond donors (Lipinski definition) is 2. The van der Waals surface area contributed by atoms with Crippen LogP contribution in [0.1, 0.15) is 0 Å². The van der Waals surface area contributed by atoms with Crippen LogP contribution in [0, 0.1) is 11.6 Å². The summed E-state index contributed by atoms with van der Waals surface area (Å²) in [5.74, 6) is -2.26. The van der Waals surface area contributed by atoms with Gasteiger partial charge in [-0.05, 0) is 25.2 Å². The zero-order valence-electron chi connectivity index (χ0n) is 8.63. The standard InChI is InChI=1S/C9H12F2N2O2S/c1-12-4-5-13-16(14,15)7-2-3-8(10)9(11)6-7/h2-3,6,12-13H,4-5H2,1H3. The predicted molar refractivity (Wildman–Crippen MR) is 55.5 cm³/mol. The fraction of sp³-hybridized carbons (Fsp3) is 0.333. The van der Waals surface area contributed by atoms with E-state index < -0.39 is 21.7 Å². The molecule has 7 heteroatoms. The third-order valence-corrected chi connectivity index (χ3v) is 3.33. The third-order valence-electron chi connectivity index (χ3n) is 1.87. The van der Waals surface area contributed by atoms with Crippen LogP contribution in [0.5, 0.6) is 0 Å². The first kappa shape index (κ1) is 13.0. The summed E-state index contributed by atoms with van der Waals surface area (Å²) in [5.41, 5.74) is 0. The maximum Gasteiger partial charge on any atom is 0.240 e. The highest BCUT2D eigenvalue weighted by atomic mass is 32.2. The van der Waals surface area contributed by atoms with E-state index in [0.717, 1.165) is 12.1 Å². The van der Waals surface area contributed by atoms with Crippen molar-refractivity contribution in [2.75, 3.05) is 20.1 Å². The van der Waals surface area contributed by atoms with Gasteiger partial charge in [0, 0.05) is 13.1 Å². The zero-order valence-corrected chi connectivity index (χ0v) is 9.44. The van der Waals surface area contributed by atoms with Gasteiger partial charge < -0.3 is 5.32 Å². The zero-order chi connectivity index (χ0) is 12.2. The van der Waals surface area contributed by atoms with Crippen LogP contribution >= 0.6 is 0 Å². The maximum atomic E-state index is 12.8. The molecule has 0 unspecified atom stereocenters. The van der Waals surface area contributed by atoms with Crippen LogP contribution in [0.15, 0.2) is 23.1 Å². The average Bonchev–Trinajstić information content (AvgIpc) is 2.22. The van der Waals surface area contributed by atoms with E-state index in [1.165, 1.54) is 0 Å². The Kier molecular flexibility index (Phi) is 4.34. The topological polar surface area (TPSA) is 58.2 Å². The smallest absolute Gasteiger partial charge is 0.240 e. The van der Waals surface area contributed by atoms with Gasteiger partial charge >= 0.3 is 0 Å². The van der Waals surface area contributed by atoms with E-state index >= 15 is 0 Å². The summed E-state index contributed by atoms with van der Waals surface area (Å²) in [7, 11) is -2.10. The van der Waals surface area contributed by atoms with Crippen molar-refractivity contribution in [3.05, 3.63) is 29.8 Å². The van der Waals surface area contributed by atoms with Crippen LogP contribution in [0.4, 0.5) is 8.78 Å². The second-order valence-corrected chi connectivity index (χ2v) is 4.84. The van der Waals surface area contributed by atoms with Gasteiger partial charge in [0.2, 0.25) is 10.0 Å². The normalized spacial score (nSPS) is 11.7. The Morgan fingerprint density at radius 3 is 2.44 bits per heavy atom. The first-order valence-electron chi connectivity index (χ1n) is 4.56. The molecule has 0 heterocycles. The van der Waals surface area contributed by atoms with Crippen molar-refractivity contribution in [2.24, 2.45) is 0 Å². The highest BCUT2D eigenvalue weighted by molar-refractivity contribution is 7.89. The Balaban J connectivity index is 2.86. The van der Waals surface area contributed by atoms with Gasteiger partial charge in [-0.25, -0.2) is 21.9 Å². The van der Waals surface area contributed by atoms with Crippen LogP contribution in [0.3, 0.4) is 0 Å². The summed E-state index contributed by atoms with van der Waals surface area (Å²) < 4.78 is 50.7. The number of hydrogen-bond acceptors (Lipinski definition) is 3. The summed E-state index contributed by atoms with van der Waals surface area (Å²) in [5, 5.41) is 2.75. The molecule has 4 nitrogen and oxygen atoms in total. The number of benzene rings is 1. The minimum Gasteiger partial charge on any atom is -0.318 e. The van der Waals surface area contributed by atoms with Crippen molar-refractivity contribution in [3.63, 3.8) is 0 Å². The van der Waals surface area contributed by atoms with E-state index in [2.05, 4.69) is 10.0 Å². The summed E-state index contributed by atoms with van der Waals surface area (Å²) >= 11 is 0. The Bertz CT molecular complexity index is 463. The minimum absolute atomic E-state index is 0.178. The van der Waals surface area contributed by atoms with Crippen LogP contribution in [0.2, 0.25) is 0 Å². The summed E-state index contributed by atoms with van der Waals surface area (Å²) in [4.78, 5) is -0.289. The molecule has 0 radical (unpaired) electrons. The molecule has 0 atom stereocenters. The molecule has 1 aromatic carbocycles. The van der Waals surface area contributed by atoms with Gasteiger partial charge in [0.1, 0.15) is 0 Å². The molecule has 0 bridgehead atoms. The largest absolute Gasteiger partial charge is 0.318 e. The van der Waals surface area contributed by atoms with Crippen molar-refractivity contribution >= 4 is 10.0 Å². The fourth-order valence-corrected chi connectivity index (χ4v) is 2.08. The monoisotopic (exact) mass is 250 g/mol. The van der Waals surface area contributed by atoms with Crippen LogP contribution in [0.25, 0.3) is 0 Å². The van der Waals surface area contributed by atoms with Crippen molar-refractivity contribution < 1.29 is 17.2 Å². The number of likely N-dealkylation sites (N-methyl/N-ethyl adjacent to an activating group) is 1. The molecule has 0 saturated carbocycles. The molecule has 0 aliphatic carbocycles. The summed E-state index contributed by atoms with van der Waals surface area (Å²) in [6.45, 7) is 0.626. The number of rotatable bonds is 5. The van der Waals surface area contributed by atoms with Crippen LogP contribution < -0.4 is 10.0 Å². The minimum atomic E-state index is -3.77. The SMILES string of the molecule is CNCCNS(=O)(=O)c1ccc(F)c(F)c1. The fourth-order valence-electron chi connectivity index (χ4n) is 1.04. The van der Waals surface area contributed by atoms with Crippen LogP contribution in [-0.2, 0) is 10.0 Å². The number of halogens is 2. The van der Waals surface area contributed by atoms with Gasteiger partial charge in [-0.15, -0.1) is 0 Å². The lowest BCUT2D eigenvalue weighted by molar-refractivity contribution is 0.504. The lowest BCUT2D eigenvalue weighted by atomic mass is 10.3. The van der Waals surface area contributed by atoms with E-state index in [1.54, 1.807) is 7.05 Å². The molecule has 0 fully saturated rings. The number of nitrogens with one attached hydrogen (secondary N) is 2. The highest BCUT2D eigenvalue weighted by Gasteiger charge is 2.15. The maximum absolute atomic E-state index is 12.8. The van der Waals surface area contributed by atoms with Gasteiger partial charge in [-0.2, -0.15) is 0 Å². The summed E-state index contributed by atoms with van der Waals surface area (Å²) in [6, 6.07) is 2.44. The Hall–Kier alpha value is -1.05. The van der Waals surface area contributed by atoms with Gasteiger partial charge in [0.25, 0.3) is 0 Å². The van der Waals surface area contributed by atoms with E-state index in [0.29, 0.717) is 12.6 Å². The first-order valence-corrected chi connectivity index (χ1v) is 6.05. The molecular weight excluding hydrogens is 238 g/mol. The number of sulfonamides is 1. The Morgan fingerprint density at radius 1 is 1.19 bits per heavy atom. The Labute approximate surface area is 92.7 Å². The van der Waals surface area contributed by atoms with Gasteiger partial charge in [0.15, 0.2) is 11.6 Å². The second-order valence-electron chi connectivity index (χ2n) is 3.08. The molecule has 0 aliphatic heterocycles. The Morgan fingerprint density at radius 2 is 1.88 bits per heavy atom. The quantitative estimate of drug-likeness (QED) is 0.747. The van der Waals surface area contributed by atoms with Crippen molar-refractivity contribution in [1.29, 1.82) is 0 Å². The van der Waals surface area contributed by atoms with Crippen molar-refractivity contribution in [1.82, 2.24) is 10.0 Å².